The minimum Gasteiger partial charge on any atom is -0.398 e. The maximum absolute atomic E-state index is 9.65. The van der Waals surface area contributed by atoms with Crippen LogP contribution in [0.3, 0.4) is 0 Å². The van der Waals surface area contributed by atoms with Gasteiger partial charge in [-0.3, -0.25) is 0 Å². The Hall–Kier alpha value is -1.02. The number of rotatable bonds is 2. The summed E-state index contributed by atoms with van der Waals surface area (Å²) in [4.78, 5) is 0. The molecule has 0 saturated heterocycles. The van der Waals surface area contributed by atoms with Crippen LogP contribution in [0.5, 0.6) is 0 Å². The molecule has 1 unspecified atom stereocenters. The van der Waals surface area contributed by atoms with Crippen molar-refractivity contribution in [3.63, 3.8) is 0 Å². The SMILES string of the molecule is CCC(O)c1cc(C)c(C)cc1N. The zero-order valence-corrected chi connectivity index (χ0v) is 8.46. The van der Waals surface area contributed by atoms with Gasteiger partial charge in [-0.2, -0.15) is 0 Å². The number of nitrogens with two attached hydrogens (primary N) is 1. The second-order valence-electron chi connectivity index (χ2n) is 3.49. The number of nitrogen functional groups attached to an aromatic ring is 1. The van der Waals surface area contributed by atoms with Gasteiger partial charge in [-0.25, -0.2) is 0 Å². The fourth-order valence-electron chi connectivity index (χ4n) is 1.37. The first-order chi connectivity index (χ1) is 6.06. The van der Waals surface area contributed by atoms with Crippen LogP contribution in [0.2, 0.25) is 0 Å². The van der Waals surface area contributed by atoms with E-state index in [2.05, 4.69) is 0 Å². The van der Waals surface area contributed by atoms with E-state index in [1.807, 2.05) is 32.9 Å². The summed E-state index contributed by atoms with van der Waals surface area (Å²) in [5.41, 5.74) is 9.70. The molecule has 2 heteroatoms. The van der Waals surface area contributed by atoms with Gasteiger partial charge >= 0.3 is 0 Å². The summed E-state index contributed by atoms with van der Waals surface area (Å²) in [5.74, 6) is 0. The lowest BCUT2D eigenvalue weighted by molar-refractivity contribution is 0.174. The van der Waals surface area contributed by atoms with Crippen molar-refractivity contribution in [1.29, 1.82) is 0 Å². The van der Waals surface area contributed by atoms with E-state index in [4.69, 9.17) is 5.73 Å². The van der Waals surface area contributed by atoms with Crippen LogP contribution in [0.1, 0.15) is 36.1 Å². The van der Waals surface area contributed by atoms with Gasteiger partial charge < -0.3 is 10.8 Å². The second kappa shape index (κ2) is 3.79. The van der Waals surface area contributed by atoms with Gasteiger partial charge in [-0.05, 0) is 37.5 Å². The second-order valence-corrected chi connectivity index (χ2v) is 3.49. The highest BCUT2D eigenvalue weighted by Gasteiger charge is 2.09. The molecule has 72 valence electrons. The maximum atomic E-state index is 9.65. The van der Waals surface area contributed by atoms with E-state index >= 15 is 0 Å². The van der Waals surface area contributed by atoms with Gasteiger partial charge in [0.25, 0.3) is 0 Å². The Kier molecular flexibility index (Phi) is 2.94. The Bertz CT molecular complexity index is 307. The molecule has 0 bridgehead atoms. The van der Waals surface area contributed by atoms with Crippen LogP contribution in [0.25, 0.3) is 0 Å². The Morgan fingerprint density at radius 1 is 1.31 bits per heavy atom. The molecular weight excluding hydrogens is 162 g/mol. The first-order valence-corrected chi connectivity index (χ1v) is 4.61. The first-order valence-electron chi connectivity index (χ1n) is 4.61. The zero-order chi connectivity index (χ0) is 10.0. The van der Waals surface area contributed by atoms with Gasteiger partial charge in [-0.1, -0.05) is 13.0 Å². The topological polar surface area (TPSA) is 46.2 Å². The van der Waals surface area contributed by atoms with Gasteiger partial charge in [-0.15, -0.1) is 0 Å². The van der Waals surface area contributed by atoms with Gasteiger partial charge in [0.2, 0.25) is 0 Å². The van der Waals surface area contributed by atoms with Gasteiger partial charge in [0.1, 0.15) is 0 Å². The van der Waals surface area contributed by atoms with Gasteiger partial charge in [0.15, 0.2) is 0 Å². The van der Waals surface area contributed by atoms with Crippen LogP contribution >= 0.6 is 0 Å². The molecule has 1 aromatic rings. The van der Waals surface area contributed by atoms with E-state index in [1.165, 1.54) is 11.1 Å². The predicted octanol–water partition coefficient (Wildman–Crippen LogP) is 2.33. The Morgan fingerprint density at radius 2 is 1.85 bits per heavy atom. The molecule has 0 amide bonds. The number of aliphatic hydroxyl groups excluding tert-OH is 1. The highest BCUT2D eigenvalue weighted by atomic mass is 16.3. The summed E-state index contributed by atoms with van der Waals surface area (Å²) in [6.45, 7) is 5.99. The number of hydrogen-bond acceptors (Lipinski definition) is 2. The largest absolute Gasteiger partial charge is 0.398 e. The van der Waals surface area contributed by atoms with Crippen molar-refractivity contribution >= 4 is 5.69 Å². The zero-order valence-electron chi connectivity index (χ0n) is 8.46. The van der Waals surface area contributed by atoms with E-state index in [1.54, 1.807) is 0 Å². The number of hydrogen-bond donors (Lipinski definition) is 2. The summed E-state index contributed by atoms with van der Waals surface area (Å²) < 4.78 is 0. The lowest BCUT2D eigenvalue weighted by Crippen LogP contribution is -2.02. The number of benzene rings is 1. The average Bonchev–Trinajstić information content (AvgIpc) is 2.10. The highest BCUT2D eigenvalue weighted by molar-refractivity contribution is 5.52. The van der Waals surface area contributed by atoms with Crippen LogP contribution in [0.4, 0.5) is 5.69 Å². The molecule has 2 nitrogen and oxygen atoms in total. The van der Waals surface area contributed by atoms with Crippen molar-refractivity contribution in [2.75, 3.05) is 5.73 Å². The van der Waals surface area contributed by atoms with Crippen molar-refractivity contribution in [3.05, 3.63) is 28.8 Å². The van der Waals surface area contributed by atoms with Crippen molar-refractivity contribution in [2.45, 2.75) is 33.3 Å². The van der Waals surface area contributed by atoms with Crippen molar-refractivity contribution in [3.8, 4) is 0 Å². The quantitative estimate of drug-likeness (QED) is 0.684. The maximum Gasteiger partial charge on any atom is 0.0807 e. The van der Waals surface area contributed by atoms with Crippen LogP contribution in [0.15, 0.2) is 12.1 Å². The van der Waals surface area contributed by atoms with Crippen molar-refractivity contribution < 1.29 is 5.11 Å². The average molecular weight is 179 g/mol. The van der Waals surface area contributed by atoms with E-state index in [0.717, 1.165) is 5.56 Å². The third kappa shape index (κ3) is 2.01. The van der Waals surface area contributed by atoms with E-state index in [-0.39, 0.29) is 0 Å². The van der Waals surface area contributed by atoms with Crippen LogP contribution < -0.4 is 5.73 Å². The summed E-state index contributed by atoms with van der Waals surface area (Å²) in [7, 11) is 0. The molecule has 1 atom stereocenters. The number of anilines is 1. The molecule has 0 spiro atoms. The smallest absolute Gasteiger partial charge is 0.0807 e. The standard InChI is InChI=1S/C11H17NO/c1-4-11(13)9-5-7(2)8(3)6-10(9)12/h5-6,11,13H,4,12H2,1-3H3. The Labute approximate surface area is 79.4 Å². The van der Waals surface area contributed by atoms with Crippen molar-refractivity contribution in [1.82, 2.24) is 0 Å². The molecular formula is C11H17NO. The first kappa shape index (κ1) is 10.1. The molecule has 0 fully saturated rings. The summed E-state index contributed by atoms with van der Waals surface area (Å²) in [5, 5.41) is 9.65. The Morgan fingerprint density at radius 3 is 2.38 bits per heavy atom. The molecule has 0 saturated carbocycles. The predicted molar refractivity (Wildman–Crippen MR) is 55.6 cm³/mol. The number of aliphatic hydroxyl groups is 1. The van der Waals surface area contributed by atoms with Crippen LogP contribution in [0, 0.1) is 13.8 Å². The molecule has 0 aliphatic rings. The highest BCUT2D eigenvalue weighted by Crippen LogP contribution is 2.25. The van der Waals surface area contributed by atoms with Crippen LogP contribution in [-0.4, -0.2) is 5.11 Å². The Balaban J connectivity index is 3.15. The summed E-state index contributed by atoms with van der Waals surface area (Å²) >= 11 is 0. The minimum absolute atomic E-state index is 0.431. The van der Waals surface area contributed by atoms with E-state index in [0.29, 0.717) is 12.1 Å². The molecule has 0 aliphatic carbocycles. The summed E-state index contributed by atoms with van der Waals surface area (Å²) in [6, 6.07) is 3.89. The molecule has 3 N–H and O–H groups in total. The summed E-state index contributed by atoms with van der Waals surface area (Å²) in [6.07, 6.45) is 0.270. The van der Waals surface area contributed by atoms with Gasteiger partial charge in [0.05, 0.1) is 6.10 Å². The normalized spacial score (nSPS) is 12.9. The third-order valence-corrected chi connectivity index (χ3v) is 2.45. The lowest BCUT2D eigenvalue weighted by atomic mass is 9.99. The molecule has 0 aliphatic heterocycles. The number of aryl methyl sites for hydroxylation is 2. The molecule has 13 heavy (non-hydrogen) atoms. The third-order valence-electron chi connectivity index (χ3n) is 2.45. The molecule has 0 aromatic heterocycles. The molecule has 1 aromatic carbocycles. The molecule has 1 rings (SSSR count). The van der Waals surface area contributed by atoms with E-state index in [9.17, 15) is 5.11 Å². The fourth-order valence-corrected chi connectivity index (χ4v) is 1.37. The molecule has 0 heterocycles. The minimum atomic E-state index is -0.431. The fraction of sp³-hybridized carbons (Fsp3) is 0.455. The van der Waals surface area contributed by atoms with Gasteiger partial charge in [0, 0.05) is 11.3 Å². The van der Waals surface area contributed by atoms with Crippen LogP contribution in [-0.2, 0) is 0 Å². The molecule has 0 radical (unpaired) electrons. The van der Waals surface area contributed by atoms with Crippen molar-refractivity contribution in [2.24, 2.45) is 0 Å². The monoisotopic (exact) mass is 179 g/mol. The van der Waals surface area contributed by atoms with E-state index < -0.39 is 6.10 Å². The lowest BCUT2D eigenvalue weighted by Gasteiger charge is -2.13.